The monoisotopic (exact) mass is 602 g/mol. The molecule has 1 N–H and O–H groups in total. The number of ether oxygens (including phenoxy) is 1. The van der Waals surface area contributed by atoms with Crippen LogP contribution in [0.4, 0.5) is 5.69 Å². The number of aromatic nitrogens is 4. The van der Waals surface area contributed by atoms with E-state index < -0.39 is 20.7 Å². The summed E-state index contributed by atoms with van der Waals surface area (Å²) in [4.78, 5) is 27.9. The van der Waals surface area contributed by atoms with Crippen LogP contribution in [0.3, 0.4) is 0 Å². The maximum atomic E-state index is 12.4. The zero-order valence-corrected chi connectivity index (χ0v) is 23.7. The SMILES string of the molecule is O=C1NCCn2c(-c3ccc(OCCCCCC[AsH]c4ccc([N+](=O)[O-])c5nonc45)cc3)nc3cccc1c32. The summed E-state index contributed by atoms with van der Waals surface area (Å²) in [6.07, 6.45) is 4.25. The van der Waals surface area contributed by atoms with Crippen LogP contribution in [0.1, 0.15) is 36.0 Å². The molecule has 5 aromatic rings. The molecule has 1 aliphatic rings. The van der Waals surface area contributed by atoms with Gasteiger partial charge in [0.05, 0.1) is 16.6 Å². The second-order valence-corrected chi connectivity index (χ2v) is 12.5. The van der Waals surface area contributed by atoms with Crippen LogP contribution in [0.15, 0.2) is 59.2 Å². The fraction of sp³-hybridized carbons (Fsp3) is 0.286. The molecule has 3 aromatic carbocycles. The van der Waals surface area contributed by atoms with Crippen molar-refractivity contribution in [1.82, 2.24) is 25.2 Å². The Morgan fingerprint density at radius 2 is 1.85 bits per heavy atom. The van der Waals surface area contributed by atoms with E-state index in [0.29, 0.717) is 30.8 Å². The number of imidazole rings is 1. The summed E-state index contributed by atoms with van der Waals surface area (Å²) in [5, 5.41) is 22.8. The van der Waals surface area contributed by atoms with E-state index in [9.17, 15) is 14.9 Å². The molecule has 1 aliphatic heterocycles. The van der Waals surface area contributed by atoms with Gasteiger partial charge in [-0.05, 0) is 12.1 Å². The quantitative estimate of drug-likeness (QED) is 0.104. The first-order valence-electron chi connectivity index (χ1n) is 13.2. The first-order valence-corrected chi connectivity index (χ1v) is 15.8. The van der Waals surface area contributed by atoms with Crippen molar-refractivity contribution in [2.24, 2.45) is 0 Å². The smallest absolute Gasteiger partial charge is 0.0900 e. The van der Waals surface area contributed by atoms with Crippen LogP contribution >= 0.6 is 0 Å². The summed E-state index contributed by atoms with van der Waals surface area (Å²) >= 11 is -0.474. The van der Waals surface area contributed by atoms with Gasteiger partial charge in [-0.15, -0.1) is 0 Å². The Morgan fingerprint density at radius 3 is 2.70 bits per heavy atom. The molecule has 3 heterocycles. The van der Waals surface area contributed by atoms with Gasteiger partial charge in [0, 0.05) is 13.1 Å². The van der Waals surface area contributed by atoms with Crippen LogP contribution in [-0.4, -0.2) is 59.6 Å². The topological polar surface area (TPSA) is 138 Å². The molecule has 0 bridgehead atoms. The molecule has 0 spiro atoms. The Hall–Kier alpha value is -4.24. The van der Waals surface area contributed by atoms with Gasteiger partial charge < -0.3 is 9.88 Å². The minimum atomic E-state index is -0.474. The van der Waals surface area contributed by atoms with Gasteiger partial charge in [0.15, 0.2) is 0 Å². The van der Waals surface area contributed by atoms with Crippen molar-refractivity contribution in [1.29, 1.82) is 0 Å². The Kier molecular flexibility index (Phi) is 7.46. The number of nitrogens with one attached hydrogen (secondary N) is 1. The molecule has 1 unspecified atom stereocenters. The van der Waals surface area contributed by atoms with Crippen molar-refractivity contribution >= 4 is 53.8 Å². The molecule has 12 heteroatoms. The molecule has 0 fully saturated rings. The van der Waals surface area contributed by atoms with Gasteiger partial charge in [0.25, 0.3) is 5.91 Å². The zero-order chi connectivity index (χ0) is 27.5. The molecule has 11 nitrogen and oxygen atoms in total. The Labute approximate surface area is 235 Å². The van der Waals surface area contributed by atoms with Crippen LogP contribution in [0.5, 0.6) is 5.75 Å². The number of hydrogen-bond acceptors (Lipinski definition) is 8. The minimum absolute atomic E-state index is 0.0588. The maximum absolute atomic E-state index is 12.4. The predicted molar refractivity (Wildman–Crippen MR) is 152 cm³/mol. The summed E-state index contributed by atoms with van der Waals surface area (Å²) < 4.78 is 13.9. The molecule has 40 heavy (non-hydrogen) atoms. The van der Waals surface area contributed by atoms with E-state index in [4.69, 9.17) is 14.3 Å². The number of carbonyl (C=O) groups is 1. The molecule has 6 rings (SSSR count). The average molecular weight is 602 g/mol. The second-order valence-electron chi connectivity index (χ2n) is 9.58. The molecule has 1 atom stereocenters. The molecule has 0 saturated heterocycles. The molecule has 0 aliphatic carbocycles. The third-order valence-corrected chi connectivity index (χ3v) is 9.90. The van der Waals surface area contributed by atoms with Crippen LogP contribution < -0.4 is 14.4 Å². The second kappa shape index (κ2) is 11.5. The van der Waals surface area contributed by atoms with Crippen molar-refractivity contribution in [2.45, 2.75) is 37.4 Å². The van der Waals surface area contributed by atoms with Crippen molar-refractivity contribution in [3.8, 4) is 17.1 Å². The van der Waals surface area contributed by atoms with E-state index in [1.807, 2.05) is 42.5 Å². The van der Waals surface area contributed by atoms with Crippen molar-refractivity contribution in [3.63, 3.8) is 0 Å². The van der Waals surface area contributed by atoms with Crippen molar-refractivity contribution in [3.05, 3.63) is 70.3 Å². The number of para-hydroxylation sites is 1. The Balaban J connectivity index is 0.966. The number of hydrogen-bond donors (Lipinski definition) is 1. The van der Waals surface area contributed by atoms with Crippen molar-refractivity contribution in [2.75, 3.05) is 13.2 Å². The maximum Gasteiger partial charge on any atom is 0.0900 e. The molecule has 0 saturated carbocycles. The summed E-state index contributed by atoms with van der Waals surface area (Å²) in [6, 6.07) is 16.9. The first-order chi connectivity index (χ1) is 19.6. The average Bonchev–Trinajstić information content (AvgIpc) is 3.56. The van der Waals surface area contributed by atoms with E-state index >= 15 is 0 Å². The normalized spacial score (nSPS) is 13.2. The molecular weight excluding hydrogens is 575 g/mol. The van der Waals surface area contributed by atoms with Gasteiger partial charge >= 0.3 is 163 Å². The Morgan fingerprint density at radius 1 is 1.02 bits per heavy atom. The minimum Gasteiger partial charge on any atom is -0.228 e. The fourth-order valence-electron chi connectivity index (χ4n) is 5.02. The predicted octanol–water partition coefficient (Wildman–Crippen LogP) is 4.01. The summed E-state index contributed by atoms with van der Waals surface area (Å²) in [7, 11) is 0. The van der Waals surface area contributed by atoms with Gasteiger partial charge in [0.1, 0.15) is 0 Å². The van der Waals surface area contributed by atoms with E-state index in [2.05, 4.69) is 20.2 Å². The van der Waals surface area contributed by atoms with Crippen molar-refractivity contribution < 1.29 is 19.1 Å². The number of rotatable bonds is 11. The first kappa shape index (κ1) is 26.0. The van der Waals surface area contributed by atoms with E-state index in [0.717, 1.165) is 63.4 Å². The number of unbranched alkanes of at least 4 members (excludes halogenated alkanes) is 3. The number of nitro benzene ring substituents is 1. The number of amides is 1. The van der Waals surface area contributed by atoms with Crippen LogP contribution in [0.2, 0.25) is 5.21 Å². The molecule has 0 radical (unpaired) electrons. The van der Waals surface area contributed by atoms with Gasteiger partial charge in [0.2, 0.25) is 0 Å². The third-order valence-electron chi connectivity index (χ3n) is 6.99. The molecule has 204 valence electrons. The number of nitro groups is 1. The van der Waals surface area contributed by atoms with Gasteiger partial charge in [-0.2, -0.15) is 0 Å². The van der Waals surface area contributed by atoms with Crippen LogP contribution in [0.25, 0.3) is 33.5 Å². The number of fused-ring (bicyclic) bond motifs is 1. The van der Waals surface area contributed by atoms with Gasteiger partial charge in [-0.1, -0.05) is 6.07 Å². The third kappa shape index (κ3) is 5.16. The standard InChI is InChI=1S/C28H27AsN6O5/c36-28-20-6-5-7-22-26(20)34(16-15-30-28)27(31-22)18-8-10-19(11-9-18)39-17-4-2-1-3-14-29-21-12-13-23(35(37)38)25-24(21)32-40-33-25/h5-13,29H,1-4,14-17H2,(H,30,36). The van der Waals surface area contributed by atoms with Gasteiger partial charge in [-0.3, -0.25) is 4.79 Å². The van der Waals surface area contributed by atoms with Crippen LogP contribution in [-0.2, 0) is 6.54 Å². The van der Waals surface area contributed by atoms with E-state index in [1.54, 1.807) is 6.07 Å². The number of benzene rings is 3. The number of nitrogens with zero attached hydrogens (tertiary/aromatic N) is 5. The largest absolute Gasteiger partial charge is 0.228 e. The van der Waals surface area contributed by atoms with Gasteiger partial charge in [-0.25, -0.2) is 4.98 Å². The fourth-order valence-corrected chi connectivity index (χ4v) is 7.60. The zero-order valence-electron chi connectivity index (χ0n) is 21.6. The molecule has 2 aromatic heterocycles. The molecule has 1 amide bonds. The Bertz CT molecular complexity index is 1700. The van der Waals surface area contributed by atoms with E-state index in [1.165, 1.54) is 6.07 Å². The molecular formula is C28H27AsN6O5. The number of non-ortho nitro benzene ring substituents is 1. The number of carbonyl (C=O) groups excluding carboxylic acids is 1. The summed E-state index contributed by atoms with van der Waals surface area (Å²) in [5.41, 5.74) is 4.05. The summed E-state index contributed by atoms with van der Waals surface area (Å²) in [5.74, 6) is 1.61. The van der Waals surface area contributed by atoms with Crippen LogP contribution in [0, 0.1) is 10.1 Å². The summed E-state index contributed by atoms with van der Waals surface area (Å²) in [6.45, 7) is 1.89. The van der Waals surface area contributed by atoms with E-state index in [-0.39, 0.29) is 17.1 Å².